The van der Waals surface area contributed by atoms with E-state index in [-0.39, 0.29) is 10.7 Å². The Bertz CT molecular complexity index is 1090. The lowest BCUT2D eigenvalue weighted by atomic mass is 10.0. The van der Waals surface area contributed by atoms with E-state index in [2.05, 4.69) is 5.10 Å². The van der Waals surface area contributed by atoms with Crippen molar-refractivity contribution in [3.63, 3.8) is 0 Å². The van der Waals surface area contributed by atoms with E-state index in [1.54, 1.807) is 23.0 Å². The van der Waals surface area contributed by atoms with E-state index in [1.165, 1.54) is 22.6 Å². The first-order valence-electron chi connectivity index (χ1n) is 9.04. The molecule has 0 spiro atoms. The van der Waals surface area contributed by atoms with Crippen LogP contribution in [0.4, 0.5) is 4.39 Å². The summed E-state index contributed by atoms with van der Waals surface area (Å²) >= 11 is 0. The Balaban J connectivity index is 1.48. The van der Waals surface area contributed by atoms with E-state index in [4.69, 9.17) is 0 Å². The zero-order valence-corrected chi connectivity index (χ0v) is 16.0. The molecule has 7 heteroatoms. The standard InChI is InChI=1S/C21H20FN3O2S/c22-20-8-6-18(7-9-20)19-10-12-25(13-11-19)28(26,27)21-14-23-24(16-21)15-17-4-2-1-3-5-17/h1-10,14,16H,11-13,15H2. The summed E-state index contributed by atoms with van der Waals surface area (Å²) < 4.78 is 42.0. The third-order valence-electron chi connectivity index (χ3n) is 4.82. The second-order valence-corrected chi connectivity index (χ2v) is 8.65. The van der Waals surface area contributed by atoms with Gasteiger partial charge in [-0.1, -0.05) is 48.5 Å². The molecule has 2 aromatic carbocycles. The Labute approximate surface area is 163 Å². The summed E-state index contributed by atoms with van der Waals surface area (Å²) in [5.41, 5.74) is 3.01. The lowest BCUT2D eigenvalue weighted by molar-refractivity contribution is 0.441. The summed E-state index contributed by atoms with van der Waals surface area (Å²) in [6.07, 6.45) is 5.45. The number of halogens is 1. The van der Waals surface area contributed by atoms with E-state index in [0.29, 0.717) is 26.1 Å². The number of hydrogen-bond donors (Lipinski definition) is 0. The van der Waals surface area contributed by atoms with E-state index >= 15 is 0 Å². The highest BCUT2D eigenvalue weighted by Gasteiger charge is 2.27. The van der Waals surface area contributed by atoms with Crippen LogP contribution in [0.25, 0.3) is 5.57 Å². The van der Waals surface area contributed by atoms with Gasteiger partial charge in [0, 0.05) is 19.3 Å². The molecule has 0 atom stereocenters. The van der Waals surface area contributed by atoms with Gasteiger partial charge in [0.25, 0.3) is 0 Å². The van der Waals surface area contributed by atoms with Crippen molar-refractivity contribution in [3.8, 4) is 0 Å². The van der Waals surface area contributed by atoms with E-state index < -0.39 is 10.0 Å². The highest BCUT2D eigenvalue weighted by molar-refractivity contribution is 7.89. The lowest BCUT2D eigenvalue weighted by Crippen LogP contribution is -2.34. The van der Waals surface area contributed by atoms with Gasteiger partial charge < -0.3 is 0 Å². The first kappa shape index (κ1) is 18.6. The van der Waals surface area contributed by atoms with Crippen LogP contribution in [0, 0.1) is 5.82 Å². The Morgan fingerprint density at radius 2 is 1.79 bits per heavy atom. The van der Waals surface area contributed by atoms with Crippen molar-refractivity contribution in [2.75, 3.05) is 13.1 Å². The molecule has 3 aromatic rings. The summed E-state index contributed by atoms with van der Waals surface area (Å²) in [7, 11) is -3.60. The van der Waals surface area contributed by atoms with Crippen molar-refractivity contribution < 1.29 is 12.8 Å². The minimum atomic E-state index is -3.60. The Kier molecular flexibility index (Phi) is 5.11. The molecule has 1 aliphatic rings. The summed E-state index contributed by atoms with van der Waals surface area (Å²) in [6, 6.07) is 16.0. The molecule has 0 N–H and O–H groups in total. The molecule has 144 valence electrons. The Hall–Kier alpha value is -2.77. The van der Waals surface area contributed by atoms with Crippen LogP contribution in [0.15, 0.2) is 78.0 Å². The van der Waals surface area contributed by atoms with Gasteiger partial charge in [0.05, 0.1) is 12.7 Å². The summed E-state index contributed by atoms with van der Waals surface area (Å²) in [5, 5.41) is 4.20. The first-order valence-corrected chi connectivity index (χ1v) is 10.5. The quantitative estimate of drug-likeness (QED) is 0.662. The van der Waals surface area contributed by atoms with Gasteiger partial charge in [-0.3, -0.25) is 4.68 Å². The fourth-order valence-electron chi connectivity index (χ4n) is 3.28. The zero-order chi connectivity index (χ0) is 19.6. The average molecular weight is 397 g/mol. The SMILES string of the molecule is O=S(=O)(c1cnn(Cc2ccccc2)c1)N1CC=C(c2ccc(F)cc2)CC1. The van der Waals surface area contributed by atoms with Gasteiger partial charge in [0.1, 0.15) is 10.7 Å². The number of rotatable bonds is 5. The molecule has 0 amide bonds. The van der Waals surface area contributed by atoms with Crippen LogP contribution in [0.2, 0.25) is 0 Å². The predicted octanol–water partition coefficient (Wildman–Crippen LogP) is 3.55. The normalized spacial score (nSPS) is 15.4. The molecule has 1 aromatic heterocycles. The van der Waals surface area contributed by atoms with Gasteiger partial charge in [-0.2, -0.15) is 9.40 Å². The molecular weight excluding hydrogens is 377 g/mol. The molecule has 1 aliphatic heterocycles. The van der Waals surface area contributed by atoms with Gasteiger partial charge in [-0.25, -0.2) is 12.8 Å². The average Bonchev–Trinajstić information content (AvgIpc) is 3.19. The van der Waals surface area contributed by atoms with Crippen LogP contribution in [-0.2, 0) is 16.6 Å². The maximum atomic E-state index is 13.1. The summed E-state index contributed by atoms with van der Waals surface area (Å²) in [4.78, 5) is 0.196. The minimum absolute atomic E-state index is 0.196. The van der Waals surface area contributed by atoms with Gasteiger partial charge in [-0.15, -0.1) is 0 Å². The fourth-order valence-corrected chi connectivity index (χ4v) is 4.61. The van der Waals surface area contributed by atoms with Crippen LogP contribution >= 0.6 is 0 Å². The lowest BCUT2D eigenvalue weighted by Gasteiger charge is -2.25. The molecule has 0 saturated carbocycles. The van der Waals surface area contributed by atoms with Crippen molar-refractivity contribution in [2.24, 2.45) is 0 Å². The van der Waals surface area contributed by atoms with Gasteiger partial charge in [0.15, 0.2) is 0 Å². The molecule has 0 unspecified atom stereocenters. The van der Waals surface area contributed by atoms with Gasteiger partial charge >= 0.3 is 0 Å². The second-order valence-electron chi connectivity index (χ2n) is 6.71. The fraction of sp³-hybridized carbons (Fsp3) is 0.190. The van der Waals surface area contributed by atoms with Gasteiger partial charge in [0.2, 0.25) is 10.0 Å². The van der Waals surface area contributed by atoms with Gasteiger partial charge in [-0.05, 0) is 35.3 Å². The van der Waals surface area contributed by atoms with E-state index in [0.717, 1.165) is 16.7 Å². The third-order valence-corrected chi connectivity index (χ3v) is 6.64. The molecule has 0 bridgehead atoms. The van der Waals surface area contributed by atoms with Crippen LogP contribution in [0.3, 0.4) is 0 Å². The molecule has 0 radical (unpaired) electrons. The molecule has 5 nitrogen and oxygen atoms in total. The molecule has 0 saturated heterocycles. The summed E-state index contributed by atoms with van der Waals surface area (Å²) in [5.74, 6) is -0.281. The Morgan fingerprint density at radius 1 is 1.04 bits per heavy atom. The van der Waals surface area contributed by atoms with Crippen molar-refractivity contribution in [1.29, 1.82) is 0 Å². The maximum Gasteiger partial charge on any atom is 0.246 e. The second kappa shape index (κ2) is 7.69. The van der Waals surface area contributed by atoms with E-state index in [9.17, 15) is 12.8 Å². The molecular formula is C21H20FN3O2S. The molecule has 4 rings (SSSR count). The van der Waals surface area contributed by atoms with Crippen LogP contribution in [0.5, 0.6) is 0 Å². The third kappa shape index (κ3) is 3.90. The molecule has 0 aliphatic carbocycles. The minimum Gasteiger partial charge on any atom is -0.267 e. The monoisotopic (exact) mass is 397 g/mol. The number of nitrogens with zero attached hydrogens (tertiary/aromatic N) is 3. The van der Waals surface area contributed by atoms with Crippen molar-refractivity contribution >= 4 is 15.6 Å². The van der Waals surface area contributed by atoms with Crippen LogP contribution in [-0.4, -0.2) is 35.6 Å². The van der Waals surface area contributed by atoms with Crippen LogP contribution < -0.4 is 0 Å². The van der Waals surface area contributed by atoms with Crippen molar-refractivity contribution in [1.82, 2.24) is 14.1 Å². The number of hydrogen-bond acceptors (Lipinski definition) is 3. The number of sulfonamides is 1. The maximum absolute atomic E-state index is 13.1. The number of benzene rings is 2. The topological polar surface area (TPSA) is 55.2 Å². The molecule has 28 heavy (non-hydrogen) atoms. The van der Waals surface area contributed by atoms with Crippen LogP contribution in [0.1, 0.15) is 17.5 Å². The highest BCUT2D eigenvalue weighted by Crippen LogP contribution is 2.26. The summed E-state index contributed by atoms with van der Waals surface area (Å²) in [6.45, 7) is 1.19. The smallest absolute Gasteiger partial charge is 0.246 e. The van der Waals surface area contributed by atoms with E-state index in [1.807, 2.05) is 36.4 Å². The first-order chi connectivity index (χ1) is 13.5. The zero-order valence-electron chi connectivity index (χ0n) is 15.2. The largest absolute Gasteiger partial charge is 0.267 e. The van der Waals surface area contributed by atoms with Crippen molar-refractivity contribution in [3.05, 3.63) is 90.0 Å². The highest BCUT2D eigenvalue weighted by atomic mass is 32.2. The molecule has 2 heterocycles. The molecule has 0 fully saturated rings. The van der Waals surface area contributed by atoms with Crippen molar-refractivity contribution in [2.45, 2.75) is 17.9 Å². The number of aromatic nitrogens is 2. The Morgan fingerprint density at radius 3 is 2.46 bits per heavy atom. The predicted molar refractivity (Wildman–Crippen MR) is 106 cm³/mol.